The second-order valence-corrected chi connectivity index (χ2v) is 6.31. The summed E-state index contributed by atoms with van der Waals surface area (Å²) in [4.78, 5) is 20.6. The third kappa shape index (κ3) is 2.47. The van der Waals surface area contributed by atoms with Gasteiger partial charge in [-0.25, -0.2) is 14.4 Å². The smallest absolute Gasteiger partial charge is 0.254 e. The lowest BCUT2D eigenvalue weighted by Crippen LogP contribution is -2.19. The van der Waals surface area contributed by atoms with Gasteiger partial charge in [-0.2, -0.15) is 0 Å². The van der Waals surface area contributed by atoms with Crippen LogP contribution in [0.25, 0.3) is 10.9 Å². The van der Waals surface area contributed by atoms with E-state index < -0.39 is 11.7 Å². The van der Waals surface area contributed by atoms with E-state index in [4.69, 9.17) is 0 Å². The molecular formula is C16H14FN5O2S. The topological polar surface area (TPSA) is 92.1 Å². The van der Waals surface area contributed by atoms with Crippen LogP contribution in [0.4, 0.5) is 15.9 Å². The maximum atomic E-state index is 13.8. The van der Waals surface area contributed by atoms with E-state index in [2.05, 4.69) is 20.6 Å². The summed E-state index contributed by atoms with van der Waals surface area (Å²) in [5, 5.41) is 16.9. The molecule has 1 aliphatic rings. The fraction of sp³-hybridized carbons (Fsp3) is 0.188. The molecule has 2 aromatic heterocycles. The van der Waals surface area contributed by atoms with Gasteiger partial charge in [0.15, 0.2) is 5.16 Å². The molecule has 4 rings (SSSR count). The Morgan fingerprint density at radius 2 is 2.20 bits per heavy atom. The first-order valence-electron chi connectivity index (χ1n) is 7.48. The number of benzene rings is 1. The lowest BCUT2D eigenvalue weighted by Gasteiger charge is -2.11. The van der Waals surface area contributed by atoms with Crippen LogP contribution in [-0.2, 0) is 6.54 Å². The van der Waals surface area contributed by atoms with Gasteiger partial charge in [0.1, 0.15) is 22.5 Å². The van der Waals surface area contributed by atoms with Crippen molar-refractivity contribution in [3.05, 3.63) is 35.3 Å². The van der Waals surface area contributed by atoms with Gasteiger partial charge < -0.3 is 20.3 Å². The molecule has 0 saturated carbocycles. The van der Waals surface area contributed by atoms with Gasteiger partial charge in [0, 0.05) is 12.7 Å². The molecule has 0 unspecified atom stereocenters. The molecule has 0 saturated heterocycles. The van der Waals surface area contributed by atoms with E-state index >= 15 is 0 Å². The summed E-state index contributed by atoms with van der Waals surface area (Å²) in [6, 6.07) is 4.12. The Hall–Kier alpha value is -2.81. The first-order chi connectivity index (χ1) is 12.0. The number of aromatic nitrogens is 3. The Kier molecular flexibility index (Phi) is 3.53. The van der Waals surface area contributed by atoms with Crippen LogP contribution in [-0.4, -0.2) is 38.9 Å². The lowest BCUT2D eigenvalue weighted by molar-refractivity contribution is 0.0959. The quantitative estimate of drug-likeness (QED) is 0.383. The van der Waals surface area contributed by atoms with Gasteiger partial charge in [0.25, 0.3) is 5.91 Å². The van der Waals surface area contributed by atoms with Crippen LogP contribution in [0, 0.1) is 5.82 Å². The van der Waals surface area contributed by atoms with Gasteiger partial charge >= 0.3 is 0 Å². The van der Waals surface area contributed by atoms with Crippen molar-refractivity contribution in [2.45, 2.75) is 11.7 Å². The van der Waals surface area contributed by atoms with Crippen molar-refractivity contribution in [2.75, 3.05) is 18.6 Å². The van der Waals surface area contributed by atoms with Crippen molar-refractivity contribution in [1.29, 1.82) is 0 Å². The third-order valence-electron chi connectivity index (χ3n) is 4.05. The standard InChI is InChI=1S/C16H14FN5O2S/c1-18-14(23)8-5-7(3-4-9(8)17)19-13-11-12(20-16(21-13)25-2)10-6-22(10)15(11)24/h3-5,24H,6H2,1-2H3,(H,18,23)(H,19,20,21). The minimum absolute atomic E-state index is 0.0718. The summed E-state index contributed by atoms with van der Waals surface area (Å²) in [7, 11) is 1.44. The molecule has 7 nitrogen and oxygen atoms in total. The van der Waals surface area contributed by atoms with Crippen molar-refractivity contribution >= 4 is 40.1 Å². The highest BCUT2D eigenvalue weighted by atomic mass is 32.2. The fourth-order valence-electron chi connectivity index (χ4n) is 2.75. The number of fused-ring (bicyclic) bond motifs is 3. The molecule has 0 radical (unpaired) electrons. The average Bonchev–Trinajstić information content (AvgIpc) is 3.37. The first kappa shape index (κ1) is 15.7. The van der Waals surface area contributed by atoms with Gasteiger partial charge in [-0.3, -0.25) is 4.79 Å². The van der Waals surface area contributed by atoms with Crippen molar-refractivity contribution in [3.63, 3.8) is 0 Å². The maximum absolute atomic E-state index is 13.8. The van der Waals surface area contributed by atoms with Crippen LogP contribution in [0.1, 0.15) is 16.1 Å². The molecule has 1 amide bonds. The Morgan fingerprint density at radius 3 is 2.92 bits per heavy atom. The number of halogens is 1. The number of rotatable bonds is 4. The lowest BCUT2D eigenvalue weighted by atomic mass is 10.1. The van der Waals surface area contributed by atoms with Crippen LogP contribution in [0.15, 0.2) is 23.4 Å². The Morgan fingerprint density at radius 1 is 1.40 bits per heavy atom. The molecule has 1 aromatic carbocycles. The first-order valence-corrected chi connectivity index (χ1v) is 8.70. The zero-order chi connectivity index (χ0) is 17.7. The summed E-state index contributed by atoms with van der Waals surface area (Å²) in [6.07, 6.45) is 1.86. The number of anilines is 2. The summed E-state index contributed by atoms with van der Waals surface area (Å²) in [6.45, 7) is 0.667. The predicted octanol–water partition coefficient (Wildman–Crippen LogP) is 2.46. The Labute approximate surface area is 146 Å². The number of nitrogens with one attached hydrogen (secondary N) is 2. The van der Waals surface area contributed by atoms with Crippen molar-refractivity contribution < 1.29 is 14.3 Å². The minimum Gasteiger partial charge on any atom is -0.494 e. The number of carbonyl (C=O) groups is 1. The van der Waals surface area contributed by atoms with E-state index in [1.807, 2.05) is 6.26 Å². The number of aromatic hydroxyl groups is 1. The van der Waals surface area contributed by atoms with Gasteiger partial charge in [-0.1, -0.05) is 11.8 Å². The molecule has 0 atom stereocenters. The average molecular weight is 359 g/mol. The van der Waals surface area contributed by atoms with Crippen LogP contribution in [0.2, 0.25) is 0 Å². The number of carbonyl (C=O) groups excluding carboxylic acids is 1. The van der Waals surface area contributed by atoms with Crippen LogP contribution in [0.3, 0.4) is 0 Å². The molecule has 0 spiro atoms. The van der Waals surface area contributed by atoms with Crippen molar-refractivity contribution in [2.24, 2.45) is 0 Å². The second-order valence-electron chi connectivity index (χ2n) is 5.54. The molecule has 128 valence electrons. The molecule has 1 aliphatic heterocycles. The van der Waals surface area contributed by atoms with Gasteiger partial charge in [-0.15, -0.1) is 0 Å². The highest BCUT2D eigenvalue weighted by Crippen LogP contribution is 2.43. The zero-order valence-electron chi connectivity index (χ0n) is 13.4. The largest absolute Gasteiger partial charge is 0.494 e. The molecule has 9 heteroatoms. The zero-order valence-corrected chi connectivity index (χ0v) is 14.2. The summed E-state index contributed by atoms with van der Waals surface area (Å²) in [5.74, 6) is -0.606. The highest BCUT2D eigenvalue weighted by Gasteiger charge is 2.31. The Balaban J connectivity index is 1.80. The van der Waals surface area contributed by atoms with E-state index in [9.17, 15) is 14.3 Å². The van der Waals surface area contributed by atoms with E-state index in [1.54, 1.807) is 4.57 Å². The van der Waals surface area contributed by atoms with Crippen LogP contribution < -0.4 is 10.6 Å². The molecule has 3 heterocycles. The van der Waals surface area contributed by atoms with Crippen molar-refractivity contribution in [1.82, 2.24) is 19.9 Å². The fourth-order valence-corrected chi connectivity index (χ4v) is 3.11. The molecule has 25 heavy (non-hydrogen) atoms. The van der Waals surface area contributed by atoms with Gasteiger partial charge in [-0.05, 0) is 24.5 Å². The maximum Gasteiger partial charge on any atom is 0.254 e. The van der Waals surface area contributed by atoms with Crippen LogP contribution >= 0.6 is 11.8 Å². The summed E-state index contributed by atoms with van der Waals surface area (Å²) < 4.78 is 15.6. The minimum atomic E-state index is -0.611. The van der Waals surface area contributed by atoms with Crippen molar-refractivity contribution in [3.8, 4) is 5.88 Å². The van der Waals surface area contributed by atoms with E-state index in [0.29, 0.717) is 34.1 Å². The monoisotopic (exact) mass is 359 g/mol. The predicted molar refractivity (Wildman–Crippen MR) is 93.1 cm³/mol. The molecule has 0 fully saturated rings. The number of nitrogens with zero attached hydrogens (tertiary/aromatic N) is 3. The number of hydrogen-bond donors (Lipinski definition) is 3. The van der Waals surface area contributed by atoms with E-state index in [-0.39, 0.29) is 11.4 Å². The number of amides is 1. The van der Waals surface area contributed by atoms with E-state index in [1.165, 1.54) is 37.0 Å². The normalized spacial score (nSPS) is 12.1. The molecule has 3 aromatic rings. The van der Waals surface area contributed by atoms with Crippen LogP contribution in [0.5, 0.6) is 5.88 Å². The summed E-state index contributed by atoms with van der Waals surface area (Å²) in [5.41, 5.74) is 2.07. The highest BCUT2D eigenvalue weighted by molar-refractivity contribution is 7.98. The Bertz CT molecular complexity index is 1030. The molecular weight excluding hydrogens is 345 g/mol. The second kappa shape index (κ2) is 5.62. The SMILES string of the molecule is CNC(=O)c1cc(Nc2nc(SC)nc3c4n(c(O)c23)C4)ccc1F. The van der Waals surface area contributed by atoms with Gasteiger partial charge in [0.05, 0.1) is 17.8 Å². The number of hydrogen-bond acceptors (Lipinski definition) is 6. The number of thioether (sulfide) groups is 1. The summed E-state index contributed by atoms with van der Waals surface area (Å²) >= 11 is 1.39. The van der Waals surface area contributed by atoms with E-state index in [0.717, 1.165) is 5.69 Å². The molecule has 3 N–H and O–H groups in total. The van der Waals surface area contributed by atoms with Gasteiger partial charge in [0.2, 0.25) is 5.88 Å². The molecule has 0 bridgehead atoms. The third-order valence-corrected chi connectivity index (χ3v) is 4.60. The molecule has 0 aliphatic carbocycles.